The van der Waals surface area contributed by atoms with Crippen LogP contribution in [0, 0.1) is 0 Å². The van der Waals surface area contributed by atoms with E-state index in [2.05, 4.69) is 0 Å². The first-order valence-electron chi connectivity index (χ1n) is 9.94. The van der Waals surface area contributed by atoms with E-state index in [1.165, 1.54) is 0 Å². The van der Waals surface area contributed by atoms with E-state index in [1.54, 1.807) is 28.6 Å². The molecule has 1 aliphatic heterocycles. The molecule has 156 valence electrons. The summed E-state index contributed by atoms with van der Waals surface area (Å²) < 4.78 is 0. The summed E-state index contributed by atoms with van der Waals surface area (Å²) in [5, 5.41) is 9.42. The number of carbonyl (C=O) groups is 2. The molecule has 31 heavy (non-hydrogen) atoms. The Bertz CT molecular complexity index is 1160. The molecule has 5 nitrogen and oxygen atoms in total. The van der Waals surface area contributed by atoms with E-state index in [4.69, 9.17) is 16.8 Å². The van der Waals surface area contributed by atoms with Crippen LogP contribution in [-0.2, 0) is 17.8 Å². The molecule has 0 atom stereocenters. The van der Waals surface area contributed by atoms with Crippen molar-refractivity contribution in [2.45, 2.75) is 13.0 Å². The van der Waals surface area contributed by atoms with Gasteiger partial charge in [-0.25, -0.2) is 5.48 Å². The Morgan fingerprint density at radius 2 is 1.71 bits per heavy atom. The molecule has 0 saturated heterocycles. The van der Waals surface area contributed by atoms with Gasteiger partial charge in [0.2, 0.25) is 0 Å². The molecule has 0 spiro atoms. The SMILES string of the molecule is O=C(NO)c1ccc2c(c1)CN(C(=O)/C(=C\c1ccccc1)c1ccccc1Cl)CC2. The van der Waals surface area contributed by atoms with E-state index in [-0.39, 0.29) is 5.91 Å². The number of hydrogen-bond donors (Lipinski definition) is 2. The number of hydroxylamine groups is 1. The maximum absolute atomic E-state index is 13.6. The van der Waals surface area contributed by atoms with Gasteiger partial charge in [-0.15, -0.1) is 0 Å². The molecule has 0 saturated carbocycles. The lowest BCUT2D eigenvalue weighted by Crippen LogP contribution is -2.36. The summed E-state index contributed by atoms with van der Waals surface area (Å²) in [5.41, 5.74) is 6.08. The van der Waals surface area contributed by atoms with Crippen LogP contribution in [0.3, 0.4) is 0 Å². The predicted molar refractivity (Wildman–Crippen MR) is 121 cm³/mol. The molecule has 0 bridgehead atoms. The topological polar surface area (TPSA) is 69.6 Å². The molecule has 3 aromatic rings. The quantitative estimate of drug-likeness (QED) is 0.274. The van der Waals surface area contributed by atoms with E-state index in [0.29, 0.717) is 41.2 Å². The average Bonchev–Trinajstić information content (AvgIpc) is 2.82. The first kappa shape index (κ1) is 20.8. The summed E-state index contributed by atoms with van der Waals surface area (Å²) in [4.78, 5) is 27.2. The smallest absolute Gasteiger partial charge is 0.274 e. The maximum atomic E-state index is 13.6. The van der Waals surface area contributed by atoms with Gasteiger partial charge in [-0.3, -0.25) is 14.8 Å². The summed E-state index contributed by atoms with van der Waals surface area (Å²) in [6, 6.07) is 22.2. The number of benzene rings is 3. The van der Waals surface area contributed by atoms with Gasteiger partial charge in [-0.2, -0.15) is 0 Å². The Hall–Kier alpha value is -3.41. The van der Waals surface area contributed by atoms with Crippen molar-refractivity contribution < 1.29 is 14.8 Å². The normalized spacial score (nSPS) is 13.5. The summed E-state index contributed by atoms with van der Waals surface area (Å²) in [5.74, 6) is -0.702. The minimum absolute atomic E-state index is 0.125. The van der Waals surface area contributed by atoms with Crippen molar-refractivity contribution in [3.63, 3.8) is 0 Å². The van der Waals surface area contributed by atoms with E-state index >= 15 is 0 Å². The number of hydrogen-bond acceptors (Lipinski definition) is 3. The molecule has 0 unspecified atom stereocenters. The molecule has 0 aliphatic carbocycles. The lowest BCUT2D eigenvalue weighted by atomic mass is 9.95. The van der Waals surface area contributed by atoms with Crippen molar-refractivity contribution in [1.82, 2.24) is 10.4 Å². The first-order valence-corrected chi connectivity index (χ1v) is 10.3. The van der Waals surface area contributed by atoms with Crippen LogP contribution in [0.25, 0.3) is 11.6 Å². The maximum Gasteiger partial charge on any atom is 0.274 e. The monoisotopic (exact) mass is 432 g/mol. The molecule has 4 rings (SSSR count). The molecule has 1 aliphatic rings. The molecule has 0 fully saturated rings. The predicted octanol–water partition coefficient (Wildman–Crippen LogP) is 4.58. The molecule has 6 heteroatoms. The zero-order valence-electron chi connectivity index (χ0n) is 16.7. The molecular formula is C25H21ClN2O3. The second kappa shape index (κ2) is 9.16. The Balaban J connectivity index is 1.69. The van der Waals surface area contributed by atoms with E-state index in [9.17, 15) is 9.59 Å². The largest absolute Gasteiger partial charge is 0.334 e. The van der Waals surface area contributed by atoms with Crippen molar-refractivity contribution in [3.05, 3.63) is 106 Å². The molecule has 0 aromatic heterocycles. The van der Waals surface area contributed by atoms with Gasteiger partial charge in [-0.1, -0.05) is 66.2 Å². The van der Waals surface area contributed by atoms with Crippen molar-refractivity contribution in [2.75, 3.05) is 6.54 Å². The number of fused-ring (bicyclic) bond motifs is 1. The Morgan fingerprint density at radius 3 is 2.45 bits per heavy atom. The number of nitrogens with one attached hydrogen (secondary N) is 1. The van der Waals surface area contributed by atoms with E-state index in [1.807, 2.05) is 60.7 Å². The number of halogens is 1. The third kappa shape index (κ3) is 4.53. The van der Waals surface area contributed by atoms with Crippen molar-refractivity contribution in [1.29, 1.82) is 0 Å². The highest BCUT2D eigenvalue weighted by atomic mass is 35.5. The number of amides is 2. The fourth-order valence-corrected chi connectivity index (χ4v) is 3.99. The van der Waals surface area contributed by atoms with E-state index < -0.39 is 5.91 Å². The lowest BCUT2D eigenvalue weighted by molar-refractivity contribution is -0.125. The van der Waals surface area contributed by atoms with Crippen molar-refractivity contribution in [2.24, 2.45) is 0 Å². The van der Waals surface area contributed by atoms with Gasteiger partial charge in [0.25, 0.3) is 11.8 Å². The van der Waals surface area contributed by atoms with Crippen LogP contribution < -0.4 is 5.48 Å². The second-order valence-electron chi connectivity index (χ2n) is 7.35. The zero-order valence-corrected chi connectivity index (χ0v) is 17.5. The van der Waals surface area contributed by atoms with Crippen LogP contribution >= 0.6 is 11.6 Å². The Labute approximate surface area is 185 Å². The Morgan fingerprint density at radius 1 is 0.968 bits per heavy atom. The standard InChI is InChI=1S/C25H21ClN2O3/c26-23-9-5-4-8-21(23)22(14-17-6-2-1-3-7-17)25(30)28-13-12-18-10-11-19(24(29)27-31)15-20(18)16-28/h1-11,14-15,31H,12-13,16H2,(H,27,29)/b22-14-. The minimum Gasteiger partial charge on any atom is -0.334 e. The van der Waals surface area contributed by atoms with Crippen LogP contribution in [-0.4, -0.2) is 28.5 Å². The zero-order chi connectivity index (χ0) is 21.8. The highest BCUT2D eigenvalue weighted by Gasteiger charge is 2.26. The fourth-order valence-electron chi connectivity index (χ4n) is 3.76. The third-order valence-corrected chi connectivity index (χ3v) is 5.70. The summed E-state index contributed by atoms with van der Waals surface area (Å²) in [7, 11) is 0. The average molecular weight is 433 g/mol. The first-order chi connectivity index (χ1) is 15.1. The number of carbonyl (C=O) groups excluding carboxylic acids is 2. The van der Waals surface area contributed by atoms with Gasteiger partial charge in [0.15, 0.2) is 0 Å². The van der Waals surface area contributed by atoms with Gasteiger partial charge in [0.05, 0.1) is 0 Å². The van der Waals surface area contributed by atoms with Crippen LogP contribution in [0.5, 0.6) is 0 Å². The second-order valence-corrected chi connectivity index (χ2v) is 7.76. The lowest BCUT2D eigenvalue weighted by Gasteiger charge is -2.30. The molecule has 3 aromatic carbocycles. The van der Waals surface area contributed by atoms with Gasteiger partial charge in [-0.05, 0) is 47.4 Å². The molecule has 2 amide bonds. The number of rotatable bonds is 4. The highest BCUT2D eigenvalue weighted by Crippen LogP contribution is 2.30. The minimum atomic E-state index is -0.577. The summed E-state index contributed by atoms with van der Waals surface area (Å²) in [6.07, 6.45) is 2.54. The van der Waals surface area contributed by atoms with Gasteiger partial charge in [0, 0.05) is 34.8 Å². The van der Waals surface area contributed by atoms with Crippen molar-refractivity contribution in [3.8, 4) is 0 Å². The highest BCUT2D eigenvalue weighted by molar-refractivity contribution is 6.36. The third-order valence-electron chi connectivity index (χ3n) is 5.37. The molecular weight excluding hydrogens is 412 g/mol. The van der Waals surface area contributed by atoms with Crippen LogP contribution in [0.2, 0.25) is 5.02 Å². The number of nitrogens with zero attached hydrogens (tertiary/aromatic N) is 1. The van der Waals surface area contributed by atoms with Crippen LogP contribution in [0.1, 0.15) is 32.6 Å². The summed E-state index contributed by atoms with van der Waals surface area (Å²) >= 11 is 6.44. The molecule has 0 radical (unpaired) electrons. The van der Waals surface area contributed by atoms with Crippen LogP contribution in [0.4, 0.5) is 0 Å². The van der Waals surface area contributed by atoms with Gasteiger partial charge < -0.3 is 4.90 Å². The van der Waals surface area contributed by atoms with Crippen LogP contribution in [0.15, 0.2) is 72.8 Å². The van der Waals surface area contributed by atoms with E-state index in [0.717, 1.165) is 16.7 Å². The fraction of sp³-hybridized carbons (Fsp3) is 0.120. The Kier molecular flexibility index (Phi) is 6.16. The van der Waals surface area contributed by atoms with Gasteiger partial charge in [0.1, 0.15) is 0 Å². The van der Waals surface area contributed by atoms with Crippen molar-refractivity contribution >= 4 is 35.1 Å². The molecule has 2 N–H and O–H groups in total. The molecule has 1 heterocycles. The van der Waals surface area contributed by atoms with Gasteiger partial charge >= 0.3 is 0 Å². The summed E-state index contributed by atoms with van der Waals surface area (Å²) in [6.45, 7) is 0.936.